The van der Waals surface area contributed by atoms with E-state index in [1.807, 2.05) is 44.2 Å². The number of carbonyl (C=O) groups is 2. The molecule has 0 fully saturated rings. The van der Waals surface area contributed by atoms with Crippen LogP contribution in [0.25, 0.3) is 6.08 Å². The van der Waals surface area contributed by atoms with Gasteiger partial charge in [0.15, 0.2) is 11.6 Å². The van der Waals surface area contributed by atoms with Crippen LogP contribution in [0.3, 0.4) is 0 Å². The third-order valence-electron chi connectivity index (χ3n) is 4.79. The van der Waals surface area contributed by atoms with Crippen molar-refractivity contribution in [2.45, 2.75) is 20.5 Å². The summed E-state index contributed by atoms with van der Waals surface area (Å²) in [5.74, 6) is 0.359. The average Bonchev–Trinajstić information content (AvgIpc) is 2.93. The third kappa shape index (κ3) is 3.25. The third-order valence-corrected chi connectivity index (χ3v) is 4.79. The molecule has 4 rings (SSSR count). The average molecular weight is 369 g/mol. The number of aryl methyl sites for hydroxylation is 2. The topological polar surface area (TPSA) is 56.3 Å². The Hall–Kier alpha value is -3.53. The minimum Gasteiger partial charge on any atom is -0.487 e. The number of benzene rings is 2. The molecule has 2 aromatic carbocycles. The van der Waals surface area contributed by atoms with Gasteiger partial charge in [-0.25, -0.2) is 0 Å². The molecule has 0 saturated carbocycles. The molecular weight excluding hydrogens is 350 g/mol. The van der Waals surface area contributed by atoms with Crippen LogP contribution >= 0.6 is 0 Å². The van der Waals surface area contributed by atoms with Gasteiger partial charge in [0, 0.05) is 17.3 Å². The zero-order valence-corrected chi connectivity index (χ0v) is 15.7. The molecule has 3 aromatic rings. The van der Waals surface area contributed by atoms with Gasteiger partial charge in [-0.1, -0.05) is 30.3 Å². The molecule has 1 heterocycles. The van der Waals surface area contributed by atoms with E-state index >= 15 is 0 Å². The maximum atomic E-state index is 12.6. The summed E-state index contributed by atoms with van der Waals surface area (Å²) >= 11 is 0. The molecule has 28 heavy (non-hydrogen) atoms. The smallest absolute Gasteiger partial charge is 0.197 e. The molecular formula is C24H19NO3. The molecule has 1 aliphatic carbocycles. The number of fused-ring (bicyclic) bond motifs is 1. The van der Waals surface area contributed by atoms with Crippen LogP contribution in [0.1, 0.15) is 43.1 Å². The zero-order valence-electron chi connectivity index (χ0n) is 15.7. The number of hydrogen-bond donors (Lipinski definition) is 0. The Morgan fingerprint density at radius 2 is 1.50 bits per heavy atom. The number of hydrogen-bond acceptors (Lipinski definition) is 4. The number of pyridine rings is 1. The van der Waals surface area contributed by atoms with E-state index in [-0.39, 0.29) is 17.1 Å². The van der Waals surface area contributed by atoms with E-state index in [0.717, 1.165) is 28.1 Å². The van der Waals surface area contributed by atoms with E-state index in [2.05, 4.69) is 4.98 Å². The molecule has 0 aliphatic heterocycles. The van der Waals surface area contributed by atoms with E-state index in [1.165, 1.54) is 0 Å². The number of allylic oxidation sites excluding steroid dienone is 1. The Morgan fingerprint density at radius 3 is 2.07 bits per heavy atom. The van der Waals surface area contributed by atoms with E-state index in [0.29, 0.717) is 17.7 Å². The normalized spacial score (nSPS) is 12.9. The largest absolute Gasteiger partial charge is 0.487 e. The van der Waals surface area contributed by atoms with Gasteiger partial charge in [0.2, 0.25) is 0 Å². The fourth-order valence-electron chi connectivity index (χ4n) is 3.49. The van der Waals surface area contributed by atoms with E-state index in [9.17, 15) is 9.59 Å². The Kier molecular flexibility index (Phi) is 4.62. The first-order chi connectivity index (χ1) is 13.5. The number of Topliss-reactive ketones (excluding diaryl/α,β-unsaturated/α-hetero) is 2. The van der Waals surface area contributed by atoms with Crippen LogP contribution in [-0.2, 0) is 6.61 Å². The zero-order chi connectivity index (χ0) is 19.7. The monoisotopic (exact) mass is 369 g/mol. The van der Waals surface area contributed by atoms with Crippen molar-refractivity contribution in [3.63, 3.8) is 0 Å². The lowest BCUT2D eigenvalue weighted by atomic mass is 10.0. The fraction of sp³-hybridized carbons (Fsp3) is 0.125. The van der Waals surface area contributed by atoms with Gasteiger partial charge < -0.3 is 4.74 Å². The van der Waals surface area contributed by atoms with Crippen LogP contribution in [-0.4, -0.2) is 16.6 Å². The van der Waals surface area contributed by atoms with Crippen LogP contribution in [0.2, 0.25) is 0 Å². The molecule has 0 unspecified atom stereocenters. The van der Waals surface area contributed by atoms with Crippen molar-refractivity contribution in [3.8, 4) is 5.75 Å². The standard InChI is InChI=1S/C24H19NO3/c1-15-11-17(12-16(2)24(15)28-14-18-7-5-6-10-25-18)13-21-22(26)19-8-3-4-9-20(19)23(21)27/h3-13H,14H2,1-2H3. The van der Waals surface area contributed by atoms with Gasteiger partial charge in [-0.05, 0) is 60.9 Å². The number of nitrogens with zero attached hydrogens (tertiary/aromatic N) is 1. The molecule has 4 heteroatoms. The molecule has 0 bridgehead atoms. The Morgan fingerprint density at radius 1 is 0.893 bits per heavy atom. The number of aromatic nitrogens is 1. The highest BCUT2D eigenvalue weighted by Crippen LogP contribution is 2.30. The van der Waals surface area contributed by atoms with Crippen LogP contribution in [0.4, 0.5) is 0 Å². The van der Waals surface area contributed by atoms with Crippen molar-refractivity contribution in [2.24, 2.45) is 0 Å². The van der Waals surface area contributed by atoms with Gasteiger partial charge in [0.05, 0.1) is 11.3 Å². The van der Waals surface area contributed by atoms with E-state index in [1.54, 1.807) is 36.5 Å². The number of ether oxygens (including phenoxy) is 1. The number of rotatable bonds is 4. The highest BCUT2D eigenvalue weighted by atomic mass is 16.5. The van der Waals surface area contributed by atoms with Crippen molar-refractivity contribution >= 4 is 17.6 Å². The summed E-state index contributed by atoms with van der Waals surface area (Å²) in [7, 11) is 0. The molecule has 0 N–H and O–H groups in total. The molecule has 0 radical (unpaired) electrons. The first kappa shape index (κ1) is 17.9. The molecule has 4 nitrogen and oxygen atoms in total. The summed E-state index contributed by atoms with van der Waals surface area (Å²) in [6.07, 6.45) is 3.41. The number of ketones is 2. The van der Waals surface area contributed by atoms with Crippen LogP contribution < -0.4 is 4.74 Å². The Balaban J connectivity index is 1.61. The van der Waals surface area contributed by atoms with Gasteiger partial charge in [0.25, 0.3) is 0 Å². The highest BCUT2D eigenvalue weighted by Gasteiger charge is 2.32. The fourth-order valence-corrected chi connectivity index (χ4v) is 3.49. The van der Waals surface area contributed by atoms with Crippen molar-refractivity contribution < 1.29 is 14.3 Å². The lowest BCUT2D eigenvalue weighted by Gasteiger charge is -2.13. The second-order valence-electron chi connectivity index (χ2n) is 6.86. The van der Waals surface area contributed by atoms with Crippen molar-refractivity contribution in [1.29, 1.82) is 0 Å². The summed E-state index contributed by atoms with van der Waals surface area (Å²) in [6, 6.07) is 16.5. The highest BCUT2D eigenvalue weighted by molar-refractivity contribution is 6.41. The van der Waals surface area contributed by atoms with E-state index in [4.69, 9.17) is 4.74 Å². The Labute approximate surface area is 163 Å². The summed E-state index contributed by atoms with van der Waals surface area (Å²) in [4.78, 5) is 29.4. The molecule has 0 spiro atoms. The quantitative estimate of drug-likeness (QED) is 0.492. The summed E-state index contributed by atoms with van der Waals surface area (Å²) < 4.78 is 5.95. The predicted molar refractivity (Wildman–Crippen MR) is 108 cm³/mol. The van der Waals surface area contributed by atoms with Crippen LogP contribution in [0.15, 0.2) is 66.4 Å². The maximum absolute atomic E-state index is 12.6. The van der Waals surface area contributed by atoms with Gasteiger partial charge in [-0.15, -0.1) is 0 Å². The Bertz CT molecular complexity index is 1050. The second kappa shape index (κ2) is 7.24. The minimum atomic E-state index is -0.216. The lowest BCUT2D eigenvalue weighted by molar-refractivity contribution is 0.0990. The summed E-state index contributed by atoms with van der Waals surface area (Å²) in [6.45, 7) is 4.29. The first-order valence-electron chi connectivity index (χ1n) is 9.08. The second-order valence-corrected chi connectivity index (χ2v) is 6.86. The lowest BCUT2D eigenvalue weighted by Crippen LogP contribution is -2.02. The molecule has 0 saturated heterocycles. The van der Waals surface area contributed by atoms with Gasteiger partial charge >= 0.3 is 0 Å². The van der Waals surface area contributed by atoms with Gasteiger partial charge in [0.1, 0.15) is 12.4 Å². The molecule has 0 atom stereocenters. The van der Waals surface area contributed by atoms with Crippen LogP contribution in [0, 0.1) is 13.8 Å². The van der Waals surface area contributed by atoms with E-state index < -0.39 is 0 Å². The summed E-state index contributed by atoms with van der Waals surface area (Å²) in [5.41, 5.74) is 4.71. The SMILES string of the molecule is Cc1cc(C=C2C(=O)c3ccccc3C2=O)cc(C)c1OCc1ccccn1. The van der Waals surface area contributed by atoms with Crippen LogP contribution in [0.5, 0.6) is 5.75 Å². The minimum absolute atomic E-state index is 0.210. The molecule has 1 aliphatic rings. The summed E-state index contributed by atoms with van der Waals surface area (Å²) in [5, 5.41) is 0. The molecule has 1 aromatic heterocycles. The maximum Gasteiger partial charge on any atom is 0.197 e. The molecule has 138 valence electrons. The number of carbonyl (C=O) groups excluding carboxylic acids is 2. The predicted octanol–water partition coefficient (Wildman–Crippen LogP) is 4.74. The van der Waals surface area contributed by atoms with Crippen molar-refractivity contribution in [1.82, 2.24) is 4.98 Å². The van der Waals surface area contributed by atoms with Gasteiger partial charge in [-0.2, -0.15) is 0 Å². The van der Waals surface area contributed by atoms with Crippen molar-refractivity contribution in [2.75, 3.05) is 0 Å². The first-order valence-corrected chi connectivity index (χ1v) is 9.08. The van der Waals surface area contributed by atoms with Crippen molar-refractivity contribution in [3.05, 3.63) is 99.9 Å². The van der Waals surface area contributed by atoms with Gasteiger partial charge in [-0.3, -0.25) is 14.6 Å². The molecule has 0 amide bonds.